The standard InChI is InChI=1S/C17H8O5/c1-8-10-6-5-9(7-13(10)16(19)21-8)11-3-2-4-12-14(11)17(20)22-15(12)18/h2-7H,1H2. The summed E-state index contributed by atoms with van der Waals surface area (Å²) in [6, 6.07) is 9.99. The largest absolute Gasteiger partial charge is 0.423 e. The van der Waals surface area contributed by atoms with E-state index in [2.05, 4.69) is 11.3 Å². The lowest BCUT2D eigenvalue weighted by Gasteiger charge is -2.06. The molecule has 0 atom stereocenters. The molecule has 0 aliphatic carbocycles. The van der Waals surface area contributed by atoms with Crippen molar-refractivity contribution in [2.24, 2.45) is 0 Å². The summed E-state index contributed by atoms with van der Waals surface area (Å²) in [5.41, 5.74) is 2.64. The van der Waals surface area contributed by atoms with E-state index in [0.29, 0.717) is 28.0 Å². The zero-order chi connectivity index (χ0) is 15.4. The number of hydrogen-bond acceptors (Lipinski definition) is 5. The number of cyclic esters (lactones) is 3. The summed E-state index contributed by atoms with van der Waals surface area (Å²) in [5.74, 6) is -1.51. The Bertz CT molecular complexity index is 907. The van der Waals surface area contributed by atoms with Crippen LogP contribution in [-0.2, 0) is 9.47 Å². The molecule has 2 aromatic rings. The maximum atomic E-state index is 11.9. The second-order valence-electron chi connectivity index (χ2n) is 4.98. The summed E-state index contributed by atoms with van der Waals surface area (Å²) < 4.78 is 9.62. The SMILES string of the molecule is C=C1OC(=O)c2cc(-c3cccc4c3C(=O)OC4=O)ccc21. The van der Waals surface area contributed by atoms with Crippen molar-refractivity contribution in [3.63, 3.8) is 0 Å². The molecule has 0 spiro atoms. The topological polar surface area (TPSA) is 69.7 Å². The predicted molar refractivity (Wildman–Crippen MR) is 76.1 cm³/mol. The van der Waals surface area contributed by atoms with E-state index in [1.54, 1.807) is 30.3 Å². The van der Waals surface area contributed by atoms with Crippen molar-refractivity contribution in [2.75, 3.05) is 0 Å². The minimum absolute atomic E-state index is 0.220. The van der Waals surface area contributed by atoms with Crippen molar-refractivity contribution in [2.45, 2.75) is 0 Å². The van der Waals surface area contributed by atoms with E-state index in [4.69, 9.17) is 4.74 Å². The molecule has 0 bridgehead atoms. The molecule has 2 aliphatic rings. The molecule has 2 aromatic carbocycles. The molecule has 2 aliphatic heterocycles. The summed E-state index contributed by atoms with van der Waals surface area (Å²) in [4.78, 5) is 35.3. The summed E-state index contributed by atoms with van der Waals surface area (Å²) in [6.45, 7) is 3.67. The van der Waals surface area contributed by atoms with Gasteiger partial charge < -0.3 is 9.47 Å². The molecule has 0 fully saturated rings. The quantitative estimate of drug-likeness (QED) is 0.597. The molecular formula is C17H8O5. The predicted octanol–water partition coefficient (Wildman–Crippen LogP) is 2.81. The van der Waals surface area contributed by atoms with Crippen LogP contribution in [0, 0.1) is 0 Å². The van der Waals surface area contributed by atoms with Crippen molar-refractivity contribution >= 4 is 23.7 Å². The first-order chi connectivity index (χ1) is 10.6. The van der Waals surface area contributed by atoms with Crippen molar-refractivity contribution in [1.82, 2.24) is 0 Å². The first-order valence-electron chi connectivity index (χ1n) is 6.51. The van der Waals surface area contributed by atoms with Crippen LogP contribution in [-0.4, -0.2) is 17.9 Å². The van der Waals surface area contributed by atoms with E-state index in [-0.39, 0.29) is 11.1 Å². The third-order valence-corrected chi connectivity index (χ3v) is 3.74. The van der Waals surface area contributed by atoms with Crippen molar-refractivity contribution in [3.8, 4) is 11.1 Å². The van der Waals surface area contributed by atoms with Gasteiger partial charge in [0.05, 0.1) is 16.7 Å². The molecule has 2 heterocycles. The third-order valence-electron chi connectivity index (χ3n) is 3.74. The second-order valence-corrected chi connectivity index (χ2v) is 4.98. The smallest absolute Gasteiger partial charge is 0.347 e. The van der Waals surface area contributed by atoms with E-state index < -0.39 is 17.9 Å². The number of ether oxygens (including phenoxy) is 2. The molecule has 106 valence electrons. The first kappa shape index (κ1) is 12.5. The highest BCUT2D eigenvalue weighted by molar-refractivity contribution is 6.18. The number of hydrogen-bond donors (Lipinski definition) is 0. The van der Waals surface area contributed by atoms with Gasteiger partial charge >= 0.3 is 17.9 Å². The van der Waals surface area contributed by atoms with Gasteiger partial charge in [0.2, 0.25) is 0 Å². The minimum Gasteiger partial charge on any atom is -0.423 e. The number of benzene rings is 2. The maximum Gasteiger partial charge on any atom is 0.347 e. The van der Waals surface area contributed by atoms with Crippen LogP contribution in [0.5, 0.6) is 0 Å². The fraction of sp³-hybridized carbons (Fsp3) is 0. The average molecular weight is 292 g/mol. The molecule has 0 radical (unpaired) electrons. The van der Waals surface area contributed by atoms with Gasteiger partial charge in [0.15, 0.2) is 0 Å². The molecule has 0 aromatic heterocycles. The molecule has 0 N–H and O–H groups in total. The molecule has 5 nitrogen and oxygen atoms in total. The third kappa shape index (κ3) is 1.56. The van der Waals surface area contributed by atoms with E-state index in [9.17, 15) is 14.4 Å². The lowest BCUT2D eigenvalue weighted by molar-refractivity contribution is 0.0443. The zero-order valence-electron chi connectivity index (χ0n) is 11.2. The number of carbonyl (C=O) groups excluding carboxylic acids is 3. The van der Waals surface area contributed by atoms with Crippen molar-refractivity contribution < 1.29 is 23.9 Å². The fourth-order valence-electron chi connectivity index (χ4n) is 2.72. The van der Waals surface area contributed by atoms with Crippen LogP contribution >= 0.6 is 0 Å². The Morgan fingerprint density at radius 2 is 1.45 bits per heavy atom. The lowest BCUT2D eigenvalue weighted by atomic mass is 9.94. The van der Waals surface area contributed by atoms with E-state index in [0.717, 1.165) is 0 Å². The average Bonchev–Trinajstić information content (AvgIpc) is 2.96. The Kier molecular flexibility index (Phi) is 2.36. The minimum atomic E-state index is -0.678. The Morgan fingerprint density at radius 1 is 0.727 bits per heavy atom. The van der Waals surface area contributed by atoms with Crippen LogP contribution in [0.1, 0.15) is 36.6 Å². The number of carbonyl (C=O) groups is 3. The van der Waals surface area contributed by atoms with Gasteiger partial charge in [-0.1, -0.05) is 24.8 Å². The maximum absolute atomic E-state index is 11.9. The first-order valence-corrected chi connectivity index (χ1v) is 6.51. The van der Waals surface area contributed by atoms with E-state index in [1.807, 2.05) is 0 Å². The fourth-order valence-corrected chi connectivity index (χ4v) is 2.72. The van der Waals surface area contributed by atoms with Gasteiger partial charge in [-0.15, -0.1) is 0 Å². The van der Waals surface area contributed by atoms with Crippen LogP contribution in [0.25, 0.3) is 16.9 Å². The highest BCUT2D eigenvalue weighted by Gasteiger charge is 2.33. The van der Waals surface area contributed by atoms with Gasteiger partial charge in [0.25, 0.3) is 0 Å². The van der Waals surface area contributed by atoms with Crippen molar-refractivity contribution in [1.29, 1.82) is 0 Å². The molecule has 0 unspecified atom stereocenters. The summed E-state index contributed by atoms with van der Waals surface area (Å²) in [5, 5.41) is 0. The summed E-state index contributed by atoms with van der Waals surface area (Å²) in [6.07, 6.45) is 0. The van der Waals surface area contributed by atoms with Crippen molar-refractivity contribution in [3.05, 3.63) is 65.2 Å². The number of rotatable bonds is 1. The second kappa shape index (κ2) is 4.14. The molecule has 0 amide bonds. The highest BCUT2D eigenvalue weighted by Crippen LogP contribution is 2.35. The normalized spacial score (nSPS) is 15.5. The van der Waals surface area contributed by atoms with Crippen LogP contribution in [0.2, 0.25) is 0 Å². The van der Waals surface area contributed by atoms with Crippen LogP contribution in [0.3, 0.4) is 0 Å². The number of esters is 3. The number of fused-ring (bicyclic) bond motifs is 2. The van der Waals surface area contributed by atoms with E-state index >= 15 is 0 Å². The lowest BCUT2D eigenvalue weighted by Crippen LogP contribution is -1.99. The van der Waals surface area contributed by atoms with Gasteiger partial charge in [0.1, 0.15) is 5.76 Å². The molecule has 4 rings (SSSR count). The van der Waals surface area contributed by atoms with Gasteiger partial charge in [-0.05, 0) is 29.3 Å². The van der Waals surface area contributed by atoms with Crippen LogP contribution in [0.4, 0.5) is 0 Å². The monoisotopic (exact) mass is 292 g/mol. The summed E-state index contributed by atoms with van der Waals surface area (Å²) >= 11 is 0. The Hall–Kier alpha value is -3.21. The molecule has 0 saturated carbocycles. The molecule has 22 heavy (non-hydrogen) atoms. The van der Waals surface area contributed by atoms with Gasteiger partial charge in [-0.25, -0.2) is 14.4 Å². The van der Waals surface area contributed by atoms with Crippen LogP contribution < -0.4 is 0 Å². The van der Waals surface area contributed by atoms with E-state index in [1.165, 1.54) is 6.07 Å². The molecular weight excluding hydrogens is 284 g/mol. The summed E-state index contributed by atoms with van der Waals surface area (Å²) in [7, 11) is 0. The molecule has 0 saturated heterocycles. The van der Waals surface area contributed by atoms with Gasteiger partial charge in [0, 0.05) is 5.56 Å². The van der Waals surface area contributed by atoms with Gasteiger partial charge in [-0.2, -0.15) is 0 Å². The Morgan fingerprint density at radius 3 is 2.27 bits per heavy atom. The Labute approximate surface area is 124 Å². The van der Waals surface area contributed by atoms with Crippen LogP contribution in [0.15, 0.2) is 43.0 Å². The molecule has 5 heteroatoms. The Balaban J connectivity index is 1.94. The highest BCUT2D eigenvalue weighted by atomic mass is 16.6. The zero-order valence-corrected chi connectivity index (χ0v) is 11.2. The van der Waals surface area contributed by atoms with Gasteiger partial charge in [-0.3, -0.25) is 0 Å².